The zero-order chi connectivity index (χ0) is 19.8. The number of carbonyl (C=O) groups is 2. The number of tetrazole rings is 1. The van der Waals surface area contributed by atoms with Gasteiger partial charge in [-0.05, 0) is 34.4 Å². The largest absolute Gasteiger partial charge is 0.336 e. The lowest BCUT2D eigenvalue weighted by Gasteiger charge is -2.32. The van der Waals surface area contributed by atoms with Gasteiger partial charge in [0.2, 0.25) is 11.8 Å². The molecule has 3 aliphatic rings. The zero-order valence-corrected chi connectivity index (χ0v) is 16.4. The van der Waals surface area contributed by atoms with Crippen LogP contribution in [0.3, 0.4) is 0 Å². The fraction of sp³-hybridized carbons (Fsp3) is 0.550. The molecule has 0 saturated carbocycles. The summed E-state index contributed by atoms with van der Waals surface area (Å²) in [5, 5.41) is 10.9. The van der Waals surface area contributed by atoms with Crippen LogP contribution in [0.4, 0.5) is 0 Å². The Morgan fingerprint density at radius 1 is 1.10 bits per heavy atom. The van der Waals surface area contributed by atoms with Gasteiger partial charge in [0.1, 0.15) is 12.9 Å². The summed E-state index contributed by atoms with van der Waals surface area (Å²) in [5.74, 6) is 0.143. The topological polar surface area (TPSA) is 87.5 Å². The number of carbonyl (C=O) groups excluding carboxylic acids is 2. The Kier molecular flexibility index (Phi) is 4.75. The summed E-state index contributed by atoms with van der Waals surface area (Å²) in [5.41, 5.74) is 2.83. The van der Waals surface area contributed by atoms with Crippen molar-refractivity contribution in [3.8, 4) is 0 Å². The fourth-order valence-electron chi connectivity index (χ4n) is 5.00. The fourth-order valence-corrected chi connectivity index (χ4v) is 5.00. The van der Waals surface area contributed by atoms with E-state index in [1.165, 1.54) is 22.1 Å². The number of nitrogens with zero attached hydrogens (tertiary/aromatic N) is 7. The summed E-state index contributed by atoms with van der Waals surface area (Å²) in [6, 6.07) is 8.72. The highest BCUT2D eigenvalue weighted by molar-refractivity contribution is 5.83. The third kappa shape index (κ3) is 3.50. The van der Waals surface area contributed by atoms with Crippen LogP contribution in [-0.4, -0.2) is 85.0 Å². The number of rotatable bonds is 5. The molecule has 0 aliphatic carbocycles. The van der Waals surface area contributed by atoms with Gasteiger partial charge in [0.05, 0.1) is 12.1 Å². The second kappa shape index (κ2) is 7.55. The molecule has 152 valence electrons. The van der Waals surface area contributed by atoms with E-state index in [1.54, 1.807) is 0 Å². The van der Waals surface area contributed by atoms with Crippen LogP contribution in [0.1, 0.15) is 24.0 Å². The van der Waals surface area contributed by atoms with Crippen LogP contribution in [-0.2, 0) is 29.1 Å². The highest BCUT2D eigenvalue weighted by Crippen LogP contribution is 2.32. The van der Waals surface area contributed by atoms with Crippen LogP contribution in [0.15, 0.2) is 30.6 Å². The van der Waals surface area contributed by atoms with Crippen molar-refractivity contribution in [2.75, 3.05) is 26.2 Å². The standard InChI is InChI=1S/C20H25N7O2/c28-19-11-18-17(6-8-26(18)20(29)13-25-14-21-22-23-25)27(19)10-9-24-7-5-15-3-1-2-4-16(15)12-24/h1-4,14,17-18H,5-13H2/t17-,18-/m0/s1. The van der Waals surface area contributed by atoms with Crippen molar-refractivity contribution in [1.29, 1.82) is 0 Å². The molecule has 29 heavy (non-hydrogen) atoms. The van der Waals surface area contributed by atoms with Crippen LogP contribution in [0.25, 0.3) is 0 Å². The lowest BCUT2D eigenvalue weighted by Crippen LogP contribution is -2.44. The lowest BCUT2D eigenvalue weighted by atomic mass is 10.00. The van der Waals surface area contributed by atoms with Gasteiger partial charge in [-0.2, -0.15) is 0 Å². The molecular formula is C20H25N7O2. The van der Waals surface area contributed by atoms with Gasteiger partial charge in [-0.1, -0.05) is 24.3 Å². The zero-order valence-electron chi connectivity index (χ0n) is 16.4. The Balaban J connectivity index is 1.18. The van der Waals surface area contributed by atoms with E-state index < -0.39 is 0 Å². The number of benzene rings is 1. The molecule has 3 aliphatic heterocycles. The van der Waals surface area contributed by atoms with Gasteiger partial charge in [0.25, 0.3) is 0 Å². The molecule has 2 saturated heterocycles. The number of amides is 2. The van der Waals surface area contributed by atoms with Gasteiger partial charge >= 0.3 is 0 Å². The van der Waals surface area contributed by atoms with Crippen LogP contribution in [0.5, 0.6) is 0 Å². The third-order valence-electron chi connectivity index (χ3n) is 6.49. The van der Waals surface area contributed by atoms with E-state index in [-0.39, 0.29) is 30.4 Å². The van der Waals surface area contributed by atoms with Crippen LogP contribution < -0.4 is 0 Å². The molecule has 1 aromatic heterocycles. The summed E-state index contributed by atoms with van der Waals surface area (Å²) in [6.07, 6.45) is 3.78. The number of likely N-dealkylation sites (tertiary alicyclic amines) is 2. The lowest BCUT2D eigenvalue weighted by molar-refractivity contribution is -0.133. The van der Waals surface area contributed by atoms with Gasteiger partial charge in [0.15, 0.2) is 0 Å². The molecule has 0 unspecified atom stereocenters. The second-order valence-corrected chi connectivity index (χ2v) is 8.10. The van der Waals surface area contributed by atoms with Crippen molar-refractivity contribution >= 4 is 11.8 Å². The molecule has 2 amide bonds. The second-order valence-electron chi connectivity index (χ2n) is 8.10. The minimum Gasteiger partial charge on any atom is -0.336 e. The molecule has 9 heteroatoms. The molecular weight excluding hydrogens is 370 g/mol. The summed E-state index contributed by atoms with van der Waals surface area (Å²) in [6.45, 7) is 4.40. The normalized spacial score (nSPS) is 24.1. The van der Waals surface area contributed by atoms with Crippen molar-refractivity contribution in [1.82, 2.24) is 34.9 Å². The number of hydrogen-bond acceptors (Lipinski definition) is 6. The predicted molar refractivity (Wildman–Crippen MR) is 103 cm³/mol. The van der Waals surface area contributed by atoms with Crippen molar-refractivity contribution in [3.63, 3.8) is 0 Å². The number of fused-ring (bicyclic) bond motifs is 2. The first-order valence-corrected chi connectivity index (χ1v) is 10.3. The van der Waals surface area contributed by atoms with E-state index in [9.17, 15) is 9.59 Å². The molecule has 0 N–H and O–H groups in total. The van der Waals surface area contributed by atoms with E-state index in [4.69, 9.17) is 0 Å². The first kappa shape index (κ1) is 18.2. The highest BCUT2D eigenvalue weighted by Gasteiger charge is 2.48. The third-order valence-corrected chi connectivity index (χ3v) is 6.49. The summed E-state index contributed by atoms with van der Waals surface area (Å²) >= 11 is 0. The Labute approximate surface area is 169 Å². The molecule has 0 radical (unpaired) electrons. The summed E-state index contributed by atoms with van der Waals surface area (Å²) in [4.78, 5) is 31.6. The Bertz CT molecular complexity index is 900. The Morgan fingerprint density at radius 2 is 1.97 bits per heavy atom. The maximum Gasteiger partial charge on any atom is 0.244 e. The minimum atomic E-state index is -0.0212. The SMILES string of the molecule is O=C1C[C@H]2[C@H](CCN2C(=O)Cn2cnnn2)N1CCN1CCc2ccccc2C1. The monoisotopic (exact) mass is 395 g/mol. The molecule has 2 fully saturated rings. The van der Waals surface area contributed by atoms with Crippen molar-refractivity contribution in [3.05, 3.63) is 41.7 Å². The highest BCUT2D eigenvalue weighted by atomic mass is 16.2. The molecule has 1 aromatic carbocycles. The van der Waals surface area contributed by atoms with Gasteiger partial charge in [-0.25, -0.2) is 4.68 Å². The summed E-state index contributed by atoms with van der Waals surface area (Å²) in [7, 11) is 0. The average molecular weight is 395 g/mol. The molecule has 9 nitrogen and oxygen atoms in total. The van der Waals surface area contributed by atoms with Gasteiger partial charge in [-0.15, -0.1) is 5.10 Å². The number of hydrogen-bond donors (Lipinski definition) is 0. The van der Waals surface area contributed by atoms with Crippen LogP contribution >= 0.6 is 0 Å². The van der Waals surface area contributed by atoms with Crippen molar-refractivity contribution < 1.29 is 9.59 Å². The molecule has 5 rings (SSSR count). The Hall–Kier alpha value is -2.81. The quantitative estimate of drug-likeness (QED) is 0.705. The first-order valence-electron chi connectivity index (χ1n) is 10.3. The molecule has 0 bridgehead atoms. The smallest absolute Gasteiger partial charge is 0.244 e. The molecule has 4 heterocycles. The minimum absolute atomic E-state index is 0.0198. The number of aromatic nitrogens is 4. The van der Waals surface area contributed by atoms with Crippen molar-refractivity contribution in [2.24, 2.45) is 0 Å². The molecule has 2 atom stereocenters. The van der Waals surface area contributed by atoms with E-state index in [0.29, 0.717) is 13.0 Å². The van der Waals surface area contributed by atoms with Crippen LogP contribution in [0.2, 0.25) is 0 Å². The maximum atomic E-state index is 12.7. The molecule has 2 aromatic rings. The first-order chi connectivity index (χ1) is 14.2. The van der Waals surface area contributed by atoms with E-state index in [2.05, 4.69) is 44.7 Å². The van der Waals surface area contributed by atoms with Gasteiger partial charge in [0, 0.05) is 39.1 Å². The average Bonchev–Trinajstić information content (AvgIpc) is 3.44. The summed E-state index contributed by atoms with van der Waals surface area (Å²) < 4.78 is 1.43. The van der Waals surface area contributed by atoms with E-state index in [1.807, 2.05) is 9.80 Å². The van der Waals surface area contributed by atoms with Gasteiger partial charge in [-0.3, -0.25) is 14.5 Å². The Morgan fingerprint density at radius 3 is 2.79 bits per heavy atom. The maximum absolute atomic E-state index is 12.7. The van der Waals surface area contributed by atoms with Crippen molar-refractivity contribution in [2.45, 2.75) is 44.4 Å². The van der Waals surface area contributed by atoms with Crippen LogP contribution in [0, 0.1) is 0 Å². The van der Waals surface area contributed by atoms with Gasteiger partial charge < -0.3 is 9.80 Å². The van der Waals surface area contributed by atoms with E-state index >= 15 is 0 Å². The molecule has 0 spiro atoms. The predicted octanol–water partition coefficient (Wildman–Crippen LogP) is -0.0668. The van der Waals surface area contributed by atoms with E-state index in [0.717, 1.165) is 39.0 Å².